The van der Waals surface area contributed by atoms with Gasteiger partial charge < -0.3 is 4.90 Å². The van der Waals surface area contributed by atoms with Crippen molar-refractivity contribution in [2.45, 2.75) is 17.9 Å². The number of rotatable bonds is 5. The van der Waals surface area contributed by atoms with Gasteiger partial charge in [0, 0.05) is 35.2 Å². The first-order chi connectivity index (χ1) is 15.3. The third kappa shape index (κ3) is 5.03. The summed E-state index contributed by atoms with van der Waals surface area (Å²) in [6.45, 7) is 3.27. The fraction of sp³-hybridized carbons (Fsp3) is 0.208. The first-order valence-electron chi connectivity index (χ1n) is 10.1. The molecule has 1 aliphatic rings. The zero-order chi connectivity index (χ0) is 22.8. The van der Waals surface area contributed by atoms with Crippen molar-refractivity contribution in [3.63, 3.8) is 0 Å². The normalized spacial score (nSPS) is 17.9. The molecule has 0 bridgehead atoms. The van der Waals surface area contributed by atoms with Crippen molar-refractivity contribution in [3.05, 3.63) is 92.9 Å². The maximum Gasteiger partial charge on any atom is 0.159 e. The van der Waals surface area contributed by atoms with E-state index in [1.165, 1.54) is 6.92 Å². The summed E-state index contributed by atoms with van der Waals surface area (Å²) in [4.78, 5) is 14.4. The molecule has 0 amide bonds. The minimum atomic E-state index is -1.36. The molecule has 2 unspecified atom stereocenters. The molecule has 0 saturated carbocycles. The highest BCUT2D eigenvalue weighted by Crippen LogP contribution is 2.37. The van der Waals surface area contributed by atoms with Gasteiger partial charge in [-0.15, -0.1) is 0 Å². The summed E-state index contributed by atoms with van der Waals surface area (Å²) in [6, 6.07) is 20.0. The van der Waals surface area contributed by atoms with Crippen LogP contribution >= 0.6 is 34.8 Å². The molecule has 0 radical (unpaired) electrons. The molecule has 2 atom stereocenters. The van der Waals surface area contributed by atoms with E-state index in [4.69, 9.17) is 34.8 Å². The molecule has 0 aromatic heterocycles. The molecule has 8 heteroatoms. The van der Waals surface area contributed by atoms with Crippen LogP contribution in [0.4, 0.5) is 5.69 Å². The number of anilines is 1. The van der Waals surface area contributed by atoms with Gasteiger partial charge in [0.25, 0.3) is 0 Å². The van der Waals surface area contributed by atoms with E-state index < -0.39 is 11.0 Å². The van der Waals surface area contributed by atoms with Crippen molar-refractivity contribution < 1.29 is 9.00 Å². The number of halogens is 3. The Bertz CT molecular complexity index is 1150. The molecule has 1 saturated heterocycles. The lowest BCUT2D eigenvalue weighted by atomic mass is 10.0. The molecule has 0 N–H and O–H groups in total. The molecular weight excluding hydrogens is 487 g/mol. The molecule has 166 valence electrons. The fourth-order valence-corrected chi connectivity index (χ4v) is 5.67. The summed E-state index contributed by atoms with van der Waals surface area (Å²) in [7, 11) is -1.36. The largest absolute Gasteiger partial charge is 0.361 e. The minimum absolute atomic E-state index is 0.0152. The van der Waals surface area contributed by atoms with Gasteiger partial charge in [-0.25, -0.2) is 8.51 Å². The second kappa shape index (κ2) is 9.94. The highest BCUT2D eigenvalue weighted by atomic mass is 35.5. The van der Waals surface area contributed by atoms with Crippen LogP contribution in [0.3, 0.4) is 0 Å². The summed E-state index contributed by atoms with van der Waals surface area (Å²) >= 11 is 18.7. The minimum Gasteiger partial charge on any atom is -0.361 e. The average Bonchev–Trinajstić information content (AvgIpc) is 2.79. The van der Waals surface area contributed by atoms with Crippen molar-refractivity contribution in [1.29, 1.82) is 0 Å². The smallest absolute Gasteiger partial charge is 0.159 e. The quantitative estimate of drug-likeness (QED) is 0.373. The number of carbonyl (C=O) groups excluding carboxylic acids is 1. The van der Waals surface area contributed by atoms with E-state index >= 15 is 0 Å². The molecule has 4 rings (SSSR count). The van der Waals surface area contributed by atoms with E-state index in [1.54, 1.807) is 30.3 Å². The second-order valence-electron chi connectivity index (χ2n) is 7.57. The molecule has 32 heavy (non-hydrogen) atoms. The number of benzene rings is 3. The van der Waals surface area contributed by atoms with Gasteiger partial charge in [-0.05, 0) is 55.0 Å². The first kappa shape index (κ1) is 23.3. The lowest BCUT2D eigenvalue weighted by Crippen LogP contribution is -2.49. The average molecular weight is 508 g/mol. The zero-order valence-corrected chi connectivity index (χ0v) is 20.4. The Morgan fingerprint density at radius 1 is 0.906 bits per heavy atom. The molecule has 1 aliphatic heterocycles. The van der Waals surface area contributed by atoms with Gasteiger partial charge in [0.05, 0.1) is 21.6 Å². The zero-order valence-electron chi connectivity index (χ0n) is 17.3. The van der Waals surface area contributed by atoms with Gasteiger partial charge in [0.15, 0.2) is 5.78 Å². The van der Waals surface area contributed by atoms with Crippen LogP contribution in [0.15, 0.2) is 71.6 Å². The number of nitrogens with zero attached hydrogens (tertiary/aromatic N) is 2. The van der Waals surface area contributed by atoms with E-state index in [-0.39, 0.29) is 11.8 Å². The van der Waals surface area contributed by atoms with Gasteiger partial charge in [0.1, 0.15) is 11.0 Å². The van der Waals surface area contributed by atoms with Gasteiger partial charge in [0.2, 0.25) is 0 Å². The maximum atomic E-state index is 13.3. The third-order valence-electron chi connectivity index (χ3n) is 5.51. The Balaban J connectivity index is 1.64. The number of carbonyl (C=O) groups is 1. The molecule has 1 fully saturated rings. The number of hydrogen-bond donors (Lipinski definition) is 0. The molecule has 0 aliphatic carbocycles. The van der Waals surface area contributed by atoms with Gasteiger partial charge in [-0.1, -0.05) is 59.1 Å². The van der Waals surface area contributed by atoms with Crippen molar-refractivity contribution in [2.24, 2.45) is 0 Å². The SMILES string of the molecule is CC(=O)c1ccc(S(=O)N2CCN(c3ccc(Cl)cc3Cl)C(c3ccc(Cl)cc3)C2)cc1. The number of hydrogen-bond acceptors (Lipinski definition) is 3. The van der Waals surface area contributed by atoms with Crippen molar-refractivity contribution >= 4 is 57.3 Å². The highest BCUT2D eigenvalue weighted by Gasteiger charge is 2.32. The van der Waals surface area contributed by atoms with Gasteiger partial charge in [-0.2, -0.15) is 0 Å². The van der Waals surface area contributed by atoms with Crippen molar-refractivity contribution in [2.75, 3.05) is 24.5 Å². The first-order valence-corrected chi connectivity index (χ1v) is 12.3. The van der Waals surface area contributed by atoms with E-state index in [1.807, 2.05) is 40.7 Å². The Morgan fingerprint density at radius 3 is 2.19 bits per heavy atom. The van der Waals surface area contributed by atoms with Crippen LogP contribution < -0.4 is 4.90 Å². The topological polar surface area (TPSA) is 40.6 Å². The Kier molecular flexibility index (Phi) is 7.23. The molecule has 3 aromatic rings. The monoisotopic (exact) mass is 506 g/mol. The summed E-state index contributed by atoms with van der Waals surface area (Å²) < 4.78 is 15.3. The Morgan fingerprint density at radius 2 is 1.56 bits per heavy atom. The summed E-state index contributed by atoms with van der Waals surface area (Å²) in [5, 5.41) is 1.81. The molecule has 0 spiro atoms. The summed E-state index contributed by atoms with van der Waals surface area (Å²) in [6.07, 6.45) is 0. The number of Topliss-reactive ketones (excluding diaryl/α,β-unsaturated/α-hetero) is 1. The third-order valence-corrected chi connectivity index (χ3v) is 7.78. The molecule has 3 aromatic carbocycles. The lowest BCUT2D eigenvalue weighted by Gasteiger charge is -2.42. The fourth-order valence-electron chi connectivity index (χ4n) is 3.84. The van der Waals surface area contributed by atoms with Crippen molar-refractivity contribution in [1.82, 2.24) is 4.31 Å². The summed E-state index contributed by atoms with van der Waals surface area (Å²) in [5.41, 5.74) is 2.54. The standard InChI is InChI=1S/C24H21Cl3N2O2S/c1-16(30)17-4-9-21(10-5-17)32(31)28-12-13-29(23-11-8-20(26)14-22(23)27)24(15-28)18-2-6-19(25)7-3-18/h2-11,14,24H,12-13,15H2,1H3. The van der Waals surface area contributed by atoms with E-state index in [9.17, 15) is 9.00 Å². The number of ketones is 1. The molecule has 4 nitrogen and oxygen atoms in total. The predicted molar refractivity (Wildman–Crippen MR) is 132 cm³/mol. The highest BCUT2D eigenvalue weighted by molar-refractivity contribution is 7.82. The van der Waals surface area contributed by atoms with Crippen LogP contribution in [-0.4, -0.2) is 33.9 Å². The Hall–Kier alpha value is -1.89. The maximum absolute atomic E-state index is 13.3. The van der Waals surface area contributed by atoms with E-state index in [2.05, 4.69) is 4.90 Å². The van der Waals surface area contributed by atoms with E-state index in [0.29, 0.717) is 45.2 Å². The molecular formula is C24H21Cl3N2O2S. The van der Waals surface area contributed by atoms with Crippen LogP contribution in [-0.2, 0) is 11.0 Å². The summed E-state index contributed by atoms with van der Waals surface area (Å²) in [5.74, 6) is -0.0152. The van der Waals surface area contributed by atoms with E-state index in [0.717, 1.165) is 11.3 Å². The molecule has 1 heterocycles. The van der Waals surface area contributed by atoms with Crippen LogP contribution in [0.5, 0.6) is 0 Å². The lowest BCUT2D eigenvalue weighted by molar-refractivity contribution is 0.101. The number of piperazine rings is 1. The van der Waals surface area contributed by atoms with Crippen LogP contribution in [0.2, 0.25) is 15.1 Å². The van der Waals surface area contributed by atoms with Crippen molar-refractivity contribution in [3.8, 4) is 0 Å². The predicted octanol–water partition coefficient (Wildman–Crippen LogP) is 6.44. The van der Waals surface area contributed by atoms with Gasteiger partial charge >= 0.3 is 0 Å². The second-order valence-corrected chi connectivity index (χ2v) is 10.3. The van der Waals surface area contributed by atoms with Gasteiger partial charge in [-0.3, -0.25) is 4.79 Å². The van der Waals surface area contributed by atoms with Crippen LogP contribution in [0.1, 0.15) is 28.9 Å². The Labute approximate surface area is 205 Å². The van der Waals surface area contributed by atoms with Crippen LogP contribution in [0.25, 0.3) is 0 Å². The van der Waals surface area contributed by atoms with Crippen LogP contribution in [0, 0.1) is 0 Å².